The lowest BCUT2D eigenvalue weighted by molar-refractivity contribution is -0.333. The molecule has 16 rings (SSSR count). The Morgan fingerprint density at radius 1 is 0.664 bits per heavy atom. The van der Waals surface area contributed by atoms with E-state index in [1.54, 1.807) is 0 Å². The number of aliphatic hydroxyl groups is 6. The van der Waals surface area contributed by atoms with Gasteiger partial charge in [-0.2, -0.15) is 0 Å². The van der Waals surface area contributed by atoms with Gasteiger partial charge in [-0.1, -0.05) is 81.4 Å². The number of aliphatic hydroxyl groups excluding tert-OH is 6. The lowest BCUT2D eigenvalue weighted by Crippen LogP contribution is -2.64. The van der Waals surface area contributed by atoms with E-state index in [0.717, 1.165) is 106 Å². The second kappa shape index (κ2) is 37.9. The van der Waals surface area contributed by atoms with E-state index in [1.165, 1.54) is 52.1 Å². The molecule has 9 amide bonds. The maximum atomic E-state index is 16.6. The van der Waals surface area contributed by atoms with Gasteiger partial charge < -0.3 is 127 Å². The summed E-state index contributed by atoms with van der Waals surface area (Å²) < 4.78 is 44.8. The third-order valence-electron chi connectivity index (χ3n) is 24.3. The van der Waals surface area contributed by atoms with Crippen molar-refractivity contribution in [1.29, 1.82) is 0 Å². The van der Waals surface area contributed by atoms with E-state index >= 15 is 28.8 Å². The number of carbonyl (C=O) groups is 9. The quantitative estimate of drug-likeness (QED) is 0.0460. The molecule has 0 radical (unpaired) electrons. The maximum absolute atomic E-state index is 16.6. The Balaban J connectivity index is 1.01. The molecule has 4 saturated carbocycles. The number of hydrogen-bond acceptors (Lipinski definition) is 27. The zero-order valence-electron chi connectivity index (χ0n) is 68.2. The van der Waals surface area contributed by atoms with Gasteiger partial charge in [0.15, 0.2) is 23.9 Å². The number of nitrogens with two attached hydrogens (primary N) is 1. The summed E-state index contributed by atoms with van der Waals surface area (Å²) in [6.07, 6.45) is -12.6. The zero-order valence-corrected chi connectivity index (χ0v) is 69.7. The highest BCUT2D eigenvalue weighted by Gasteiger charge is 2.53. The smallest absolute Gasteiger partial charge is 0.255 e. The number of unbranched alkanes of at least 4 members (excludes halogenated alkanes) is 3. The van der Waals surface area contributed by atoms with Gasteiger partial charge in [0.25, 0.3) is 5.91 Å². The predicted octanol–water partition coefficient (Wildman–Crippen LogP) is 4.11. The van der Waals surface area contributed by atoms with Gasteiger partial charge in [0.05, 0.1) is 41.3 Å². The van der Waals surface area contributed by atoms with Crippen molar-refractivity contribution in [2.45, 2.75) is 240 Å². The second-order valence-electron chi connectivity index (χ2n) is 33.9. The van der Waals surface area contributed by atoms with E-state index in [4.69, 9.17) is 62.1 Å². The summed E-state index contributed by atoms with van der Waals surface area (Å²) in [5.41, 5.74) is 2.95. The molecular weight excluding hydrogens is 1630 g/mol. The standard InChI is InChI=1S/C85H106Cl2N10O25/c1-8-9-10-11-18-116-37(5)76(108)91-60(102)32-52-78(110)93-65-45-28-57(118-55-16-13-41(26-49(55)86)69(103)67(82(114)90-52)96-77(109)51(89-7)19-35(2)3)73(122-84-74(72(106)71(105)59(34-98)120-84)121-61-33-85(6,88)75(107)36(4)117-61)58(29-45)119-56-17-14-42(27-50(56)87)70(104)68-83(115)95-66(81(113)92-63-43-21-38-20-39(23-43)24-44(63)22-38)48-30-46(99)31-54(101)62(48)47-25-40(12-15-53(47)100)64(79(111)97-68)94-80(65)112/h12-17,25-31,35-39,43-44,51-52,59,61,63-72,74-75,84,89,98-101,103-107H,8-11,18-24,32-34,88H2,1-7H3,(H,90,114)(H,92,113)(H,93,110)(H,94,112)(H,95,115)(H,96,109)(H,97,111)(H,91,102,108)/t36-,37?,38?,39?,43?,44?,51+,52-,59+,61-,63?,64+,65+,66-,67+,68-,69+,70+,71+,72-,74+,75+,84-,85-/m0/s1. The fourth-order valence-corrected chi connectivity index (χ4v) is 18.5. The molecule has 0 spiro atoms. The van der Waals surface area contributed by atoms with E-state index in [2.05, 4.69) is 47.9 Å². The number of benzene rings is 5. The number of halogens is 2. The molecular formula is C85H106Cl2N10O25. The molecule has 15 bridgehead atoms. The molecule has 122 heavy (non-hydrogen) atoms. The van der Waals surface area contributed by atoms with Gasteiger partial charge in [-0.15, -0.1) is 0 Å². The van der Waals surface area contributed by atoms with E-state index in [1.807, 2.05) is 20.8 Å². The van der Waals surface area contributed by atoms with E-state index in [-0.39, 0.29) is 93.1 Å². The number of rotatable bonds is 21. The van der Waals surface area contributed by atoms with Crippen LogP contribution in [0, 0.1) is 29.6 Å². The number of carbonyl (C=O) groups excluding carboxylic acids is 9. The predicted molar refractivity (Wildman–Crippen MR) is 434 cm³/mol. The normalized spacial score (nSPS) is 31.1. The number of amides is 9. The topological polar surface area (TPSA) is 535 Å². The Kier molecular flexibility index (Phi) is 28.0. The first kappa shape index (κ1) is 90.2. The number of imide groups is 1. The summed E-state index contributed by atoms with van der Waals surface area (Å²) in [6.45, 7) is 9.18. The van der Waals surface area contributed by atoms with Gasteiger partial charge in [0, 0.05) is 41.8 Å². The summed E-state index contributed by atoms with van der Waals surface area (Å²) in [7, 11) is 1.48. The molecule has 0 aromatic heterocycles. The molecule has 37 heteroatoms. The first-order valence-electron chi connectivity index (χ1n) is 41.2. The Morgan fingerprint density at radius 2 is 1.29 bits per heavy atom. The Morgan fingerprint density at radius 3 is 1.90 bits per heavy atom. The molecule has 5 aromatic carbocycles. The van der Waals surface area contributed by atoms with Crippen molar-refractivity contribution >= 4 is 76.4 Å². The van der Waals surface area contributed by atoms with Crippen molar-refractivity contribution in [3.8, 4) is 57.1 Å². The molecule has 4 aliphatic carbocycles. The third kappa shape index (κ3) is 19.6. The monoisotopic (exact) mass is 1740 g/mol. The number of ether oxygens (including phenoxy) is 7. The lowest BCUT2D eigenvalue weighted by atomic mass is 9.54. The van der Waals surface area contributed by atoms with Gasteiger partial charge >= 0.3 is 0 Å². The van der Waals surface area contributed by atoms with Crippen LogP contribution in [0.25, 0.3) is 11.1 Å². The maximum Gasteiger partial charge on any atom is 0.255 e. The summed E-state index contributed by atoms with van der Waals surface area (Å²) in [5.74, 6) is -14.5. The fourth-order valence-electron chi connectivity index (χ4n) is 18.1. The molecule has 11 aliphatic rings. The fraction of sp³-hybridized carbons (Fsp3) is 0.541. The highest BCUT2D eigenvalue weighted by atomic mass is 35.5. The summed E-state index contributed by atoms with van der Waals surface area (Å²) in [4.78, 5) is 138. The number of likely N-dealkylation sites (N-methyl/N-ethyl adjacent to an activating group) is 1. The molecule has 19 atom stereocenters. The number of fused-ring (bicyclic) bond motifs is 15. The highest BCUT2D eigenvalue weighted by molar-refractivity contribution is 6.32. The summed E-state index contributed by atoms with van der Waals surface area (Å²) in [6, 6.07) is -0.0212. The molecule has 660 valence electrons. The van der Waals surface area contributed by atoms with Crippen LogP contribution in [0.5, 0.6) is 46.0 Å². The minimum absolute atomic E-state index is 0.0584. The molecule has 7 heterocycles. The Hall–Kier alpha value is -9.57. The van der Waals surface area contributed by atoms with E-state index in [0.29, 0.717) is 18.3 Å². The van der Waals surface area contributed by atoms with Crippen molar-refractivity contribution < 1.29 is 122 Å². The number of aromatic hydroxyl groups is 3. The van der Waals surface area contributed by atoms with Crippen molar-refractivity contribution in [2.75, 3.05) is 20.3 Å². The van der Waals surface area contributed by atoms with Crippen LogP contribution in [-0.2, 0) is 62.1 Å². The first-order valence-corrected chi connectivity index (χ1v) is 42.0. The number of phenolic OH excluding ortho intramolecular Hbond substituents is 3. The average molecular weight is 1740 g/mol. The second-order valence-corrected chi connectivity index (χ2v) is 34.7. The average Bonchev–Trinajstić information content (AvgIpc) is 0.741. The van der Waals surface area contributed by atoms with Gasteiger partial charge in [-0.05, 0) is 185 Å². The molecule has 6 fully saturated rings. The lowest BCUT2D eigenvalue weighted by Gasteiger charge is -2.54. The summed E-state index contributed by atoms with van der Waals surface area (Å²) >= 11 is 14.5. The van der Waals surface area contributed by atoms with Gasteiger partial charge in [-0.3, -0.25) is 48.5 Å². The molecule has 5 aromatic rings. The largest absolute Gasteiger partial charge is 0.508 e. The van der Waals surface area contributed by atoms with Crippen molar-refractivity contribution in [3.05, 3.63) is 117 Å². The van der Waals surface area contributed by atoms with Gasteiger partial charge in [0.1, 0.15) is 102 Å². The van der Waals surface area contributed by atoms with Crippen molar-refractivity contribution in [2.24, 2.45) is 35.3 Å². The van der Waals surface area contributed by atoms with Crippen LogP contribution in [0.3, 0.4) is 0 Å². The minimum atomic E-state index is -2.41. The van der Waals surface area contributed by atoms with E-state index in [9.17, 15) is 60.3 Å². The van der Waals surface area contributed by atoms with Crippen LogP contribution in [0.2, 0.25) is 10.0 Å². The minimum Gasteiger partial charge on any atom is -0.508 e. The first-order chi connectivity index (χ1) is 58.0. The van der Waals surface area contributed by atoms with Crippen LogP contribution in [-0.4, -0.2) is 210 Å². The Labute approximate surface area is 712 Å². The Bertz CT molecular complexity index is 4760. The van der Waals surface area contributed by atoms with Crippen LogP contribution < -0.4 is 67.8 Å². The number of phenols is 3. The highest BCUT2D eigenvalue weighted by Crippen LogP contribution is 2.55. The molecule has 35 nitrogen and oxygen atoms in total. The molecule has 2 saturated heterocycles. The van der Waals surface area contributed by atoms with Crippen LogP contribution >= 0.6 is 23.2 Å². The van der Waals surface area contributed by atoms with Gasteiger partial charge in [0.2, 0.25) is 59.3 Å². The van der Waals surface area contributed by atoms with Crippen LogP contribution in [0.4, 0.5) is 0 Å². The van der Waals surface area contributed by atoms with Crippen LogP contribution in [0.15, 0.2) is 78.9 Å². The number of nitrogens with one attached hydrogen (secondary N) is 9. The SMILES string of the molecule is CCCCCCOC(C)C(=O)NC(=O)C[C@@H]1NC(=O)[C@H](NC(=O)[C@@H](CC(C)C)NC)[C@H](O)c2ccc(c(Cl)c2)Oc2cc3cc(c2O[C@@H]2O[C@H](CO)[C@@H](O)[C@H](O)[C@H]2O[C@H]2C[C@](C)(N)[C@H](O)[C@H](C)O2)Oc2ccc(cc2Cl)[C@@H](O)[C@@H]2NC(=O)[C@H](NC(=O)[C@@H]3NC1=O)c1ccc(O)c(c1)-c1c(O)cc(O)cc1[C@@H](C(=O)NC1C3CC4CC(C3)CC1C4)NC2=O. The van der Waals surface area contributed by atoms with Gasteiger partial charge in [-0.25, -0.2) is 0 Å². The number of hydrogen-bond donors (Lipinski definition) is 19. The third-order valence-corrected chi connectivity index (χ3v) is 24.9. The molecule has 20 N–H and O–H groups in total. The summed E-state index contributed by atoms with van der Waals surface area (Å²) in [5, 5.41) is 130. The molecule has 7 aliphatic heterocycles. The van der Waals surface area contributed by atoms with Crippen molar-refractivity contribution in [1.82, 2.24) is 47.9 Å². The van der Waals surface area contributed by atoms with Crippen molar-refractivity contribution in [3.63, 3.8) is 0 Å². The van der Waals surface area contributed by atoms with Crippen LogP contribution in [0.1, 0.15) is 177 Å². The van der Waals surface area contributed by atoms with E-state index < -0.39 is 227 Å². The molecule has 1 unspecified atom stereocenters. The zero-order chi connectivity index (χ0) is 87.8.